The number of benzene rings is 2. The number of alkyl carbamates (subject to hydrolysis) is 1. The first-order valence-corrected chi connectivity index (χ1v) is 11.1. The van der Waals surface area contributed by atoms with Crippen molar-refractivity contribution in [3.63, 3.8) is 0 Å². The van der Waals surface area contributed by atoms with E-state index < -0.39 is 5.60 Å². The summed E-state index contributed by atoms with van der Waals surface area (Å²) in [5.74, 6) is 0.0549. The van der Waals surface area contributed by atoms with Gasteiger partial charge in [0.2, 0.25) is 0 Å². The lowest BCUT2D eigenvalue weighted by Gasteiger charge is -2.34. The quantitative estimate of drug-likeness (QED) is 0.700. The van der Waals surface area contributed by atoms with Crippen molar-refractivity contribution in [3.05, 3.63) is 47.5 Å². The smallest absolute Gasteiger partial charge is 0.407 e. The molecular formula is C25H32N4O3. The number of nitriles is 1. The highest BCUT2D eigenvalue weighted by molar-refractivity contribution is 5.98. The number of carbonyl (C=O) groups is 2. The summed E-state index contributed by atoms with van der Waals surface area (Å²) < 4.78 is 5.24. The standard InChI is InChI=1S/C25H32N4O3/c1-25(2,3)32-24(31)27-11-4-12-28-13-15-29(16-14-28)23(30)22-8-7-20-17-19(9-10-26)5-6-21(20)18-22/h5-8,17-18H,4,9,11-16H2,1-3H3,(H,27,31). The number of nitrogens with one attached hydrogen (secondary N) is 1. The topological polar surface area (TPSA) is 85.7 Å². The Bertz CT molecular complexity index is 998. The van der Waals surface area contributed by atoms with Crippen molar-refractivity contribution in [3.8, 4) is 6.07 Å². The van der Waals surface area contributed by atoms with Crippen molar-refractivity contribution in [2.75, 3.05) is 39.3 Å². The van der Waals surface area contributed by atoms with Gasteiger partial charge in [-0.2, -0.15) is 5.26 Å². The Morgan fingerprint density at radius 2 is 1.75 bits per heavy atom. The van der Waals surface area contributed by atoms with Crippen LogP contribution in [0.5, 0.6) is 0 Å². The van der Waals surface area contributed by atoms with E-state index in [2.05, 4.69) is 16.3 Å². The number of rotatable bonds is 6. The lowest BCUT2D eigenvalue weighted by Crippen LogP contribution is -2.49. The van der Waals surface area contributed by atoms with Gasteiger partial charge in [-0.25, -0.2) is 4.79 Å². The average Bonchev–Trinajstić information content (AvgIpc) is 2.75. The minimum absolute atomic E-state index is 0.0549. The van der Waals surface area contributed by atoms with E-state index in [0.717, 1.165) is 42.4 Å². The number of fused-ring (bicyclic) bond motifs is 1. The Kier molecular flexibility index (Phi) is 7.70. The first kappa shape index (κ1) is 23.6. The van der Waals surface area contributed by atoms with E-state index in [4.69, 9.17) is 10.00 Å². The zero-order valence-electron chi connectivity index (χ0n) is 19.2. The van der Waals surface area contributed by atoms with Crippen LogP contribution >= 0.6 is 0 Å². The maximum Gasteiger partial charge on any atom is 0.407 e. The van der Waals surface area contributed by atoms with Gasteiger partial charge < -0.3 is 15.0 Å². The third kappa shape index (κ3) is 6.69. The fourth-order valence-corrected chi connectivity index (χ4v) is 3.79. The third-order valence-electron chi connectivity index (χ3n) is 5.41. The number of nitrogens with zero attached hydrogens (tertiary/aromatic N) is 3. The highest BCUT2D eigenvalue weighted by Gasteiger charge is 2.22. The third-order valence-corrected chi connectivity index (χ3v) is 5.41. The summed E-state index contributed by atoms with van der Waals surface area (Å²) >= 11 is 0. The van der Waals surface area contributed by atoms with Crippen LogP contribution in [-0.2, 0) is 11.2 Å². The van der Waals surface area contributed by atoms with Crippen LogP contribution in [0.4, 0.5) is 4.79 Å². The van der Waals surface area contributed by atoms with Gasteiger partial charge in [0, 0.05) is 38.3 Å². The van der Waals surface area contributed by atoms with Crippen molar-refractivity contribution in [2.24, 2.45) is 0 Å². The number of carbonyl (C=O) groups excluding carboxylic acids is 2. The van der Waals surface area contributed by atoms with E-state index in [9.17, 15) is 9.59 Å². The van der Waals surface area contributed by atoms with Crippen molar-refractivity contribution >= 4 is 22.8 Å². The largest absolute Gasteiger partial charge is 0.444 e. The molecule has 1 aliphatic rings. The van der Waals surface area contributed by atoms with Crippen LogP contribution in [0.3, 0.4) is 0 Å². The highest BCUT2D eigenvalue weighted by Crippen LogP contribution is 2.20. The lowest BCUT2D eigenvalue weighted by atomic mass is 10.0. The predicted molar refractivity (Wildman–Crippen MR) is 124 cm³/mol. The van der Waals surface area contributed by atoms with E-state index in [-0.39, 0.29) is 12.0 Å². The van der Waals surface area contributed by atoms with Crippen molar-refractivity contribution in [2.45, 2.75) is 39.2 Å². The van der Waals surface area contributed by atoms with Gasteiger partial charge in [-0.15, -0.1) is 0 Å². The Hall–Kier alpha value is -3.11. The van der Waals surface area contributed by atoms with Crippen molar-refractivity contribution < 1.29 is 14.3 Å². The zero-order valence-corrected chi connectivity index (χ0v) is 19.2. The van der Waals surface area contributed by atoms with E-state index >= 15 is 0 Å². The van der Waals surface area contributed by atoms with Crippen molar-refractivity contribution in [1.82, 2.24) is 15.1 Å². The zero-order chi connectivity index (χ0) is 23.1. The second-order valence-electron chi connectivity index (χ2n) is 9.15. The average molecular weight is 437 g/mol. The molecule has 0 atom stereocenters. The highest BCUT2D eigenvalue weighted by atomic mass is 16.6. The van der Waals surface area contributed by atoms with Gasteiger partial charge in [-0.1, -0.05) is 24.3 Å². The molecule has 1 saturated heterocycles. The number of amides is 2. The maximum absolute atomic E-state index is 13.0. The Morgan fingerprint density at radius 1 is 1.06 bits per heavy atom. The molecule has 0 unspecified atom stereocenters. The SMILES string of the molecule is CC(C)(C)OC(=O)NCCCN1CCN(C(=O)c2ccc3cc(CC#N)ccc3c2)CC1. The van der Waals surface area contributed by atoms with Crippen LogP contribution < -0.4 is 5.32 Å². The predicted octanol–water partition coefficient (Wildman–Crippen LogP) is 3.58. The molecule has 7 heteroatoms. The molecule has 170 valence electrons. The molecule has 1 N–H and O–H groups in total. The molecule has 0 saturated carbocycles. The van der Waals surface area contributed by atoms with Gasteiger partial charge in [0.1, 0.15) is 5.60 Å². The second-order valence-corrected chi connectivity index (χ2v) is 9.15. The summed E-state index contributed by atoms with van der Waals surface area (Å²) in [6.07, 6.45) is 0.841. The van der Waals surface area contributed by atoms with E-state index in [0.29, 0.717) is 31.6 Å². The minimum Gasteiger partial charge on any atom is -0.444 e. The van der Waals surface area contributed by atoms with Gasteiger partial charge in [-0.3, -0.25) is 9.69 Å². The van der Waals surface area contributed by atoms with Gasteiger partial charge in [0.05, 0.1) is 12.5 Å². The Labute approximate surface area is 189 Å². The summed E-state index contributed by atoms with van der Waals surface area (Å²) in [5, 5.41) is 13.7. The molecular weight excluding hydrogens is 404 g/mol. The van der Waals surface area contributed by atoms with Crippen LogP contribution in [0.1, 0.15) is 43.1 Å². The first-order chi connectivity index (χ1) is 15.2. The number of ether oxygens (including phenoxy) is 1. The molecule has 0 bridgehead atoms. The lowest BCUT2D eigenvalue weighted by molar-refractivity contribution is 0.0518. The maximum atomic E-state index is 13.0. The molecule has 0 aliphatic carbocycles. The normalized spacial score (nSPS) is 14.8. The molecule has 0 radical (unpaired) electrons. The number of hydrogen-bond donors (Lipinski definition) is 1. The van der Waals surface area contributed by atoms with Gasteiger partial charge in [0.15, 0.2) is 0 Å². The summed E-state index contributed by atoms with van der Waals surface area (Å²) in [4.78, 5) is 28.9. The van der Waals surface area contributed by atoms with E-state index in [1.165, 1.54) is 0 Å². The molecule has 1 aliphatic heterocycles. The number of hydrogen-bond acceptors (Lipinski definition) is 5. The molecule has 1 heterocycles. The molecule has 2 amide bonds. The van der Waals surface area contributed by atoms with E-state index in [1.54, 1.807) is 0 Å². The summed E-state index contributed by atoms with van der Waals surface area (Å²) in [6.45, 7) is 10.0. The fraction of sp³-hybridized carbons (Fsp3) is 0.480. The first-order valence-electron chi connectivity index (χ1n) is 11.1. The second kappa shape index (κ2) is 10.5. The Morgan fingerprint density at radius 3 is 2.44 bits per heavy atom. The van der Waals surface area contributed by atoms with Crippen LogP contribution in [-0.4, -0.2) is 66.7 Å². The van der Waals surface area contributed by atoms with Crippen LogP contribution in [0, 0.1) is 11.3 Å². The monoisotopic (exact) mass is 436 g/mol. The molecule has 3 rings (SSSR count). The van der Waals surface area contributed by atoms with Gasteiger partial charge in [0.25, 0.3) is 5.91 Å². The van der Waals surface area contributed by atoms with Crippen LogP contribution in [0.2, 0.25) is 0 Å². The molecule has 0 aromatic heterocycles. The fourth-order valence-electron chi connectivity index (χ4n) is 3.79. The summed E-state index contributed by atoms with van der Waals surface area (Å²) in [5.41, 5.74) is 1.19. The van der Waals surface area contributed by atoms with E-state index in [1.807, 2.05) is 62.1 Å². The summed E-state index contributed by atoms with van der Waals surface area (Å²) in [7, 11) is 0. The molecule has 1 fully saturated rings. The molecule has 2 aromatic rings. The van der Waals surface area contributed by atoms with Crippen LogP contribution in [0.15, 0.2) is 36.4 Å². The number of piperazine rings is 1. The Balaban J connectivity index is 1.44. The summed E-state index contributed by atoms with van der Waals surface area (Å²) in [6, 6.07) is 13.8. The van der Waals surface area contributed by atoms with Crippen LogP contribution in [0.25, 0.3) is 10.8 Å². The molecule has 32 heavy (non-hydrogen) atoms. The minimum atomic E-state index is -0.488. The molecule has 2 aromatic carbocycles. The molecule has 0 spiro atoms. The molecule has 7 nitrogen and oxygen atoms in total. The van der Waals surface area contributed by atoms with Gasteiger partial charge in [-0.05, 0) is 62.2 Å². The van der Waals surface area contributed by atoms with Gasteiger partial charge >= 0.3 is 6.09 Å². The van der Waals surface area contributed by atoms with Crippen molar-refractivity contribution in [1.29, 1.82) is 5.26 Å².